The third-order valence-corrected chi connectivity index (χ3v) is 4.17. The van der Waals surface area contributed by atoms with Crippen molar-refractivity contribution in [2.24, 2.45) is 5.92 Å². The second-order valence-electron chi connectivity index (χ2n) is 6.35. The van der Waals surface area contributed by atoms with Gasteiger partial charge in [0.05, 0.1) is 14.4 Å². The molecule has 6 heteroatoms. The van der Waals surface area contributed by atoms with Crippen LogP contribution in [0, 0.1) is 5.92 Å². The Morgan fingerprint density at radius 3 is 1.50 bits per heavy atom. The Bertz CT molecular complexity index is 269. The van der Waals surface area contributed by atoms with Crippen molar-refractivity contribution >= 4 is 30.9 Å². The minimum absolute atomic E-state index is 0. The molecule has 0 saturated heterocycles. The number of rotatable bonds is 15. The summed E-state index contributed by atoms with van der Waals surface area (Å²) in [6, 6.07) is 0. The van der Waals surface area contributed by atoms with Crippen LogP contribution in [-0.2, 0) is 9.09 Å². The molecule has 0 saturated carbocycles. The van der Waals surface area contributed by atoms with Gasteiger partial charge in [0.25, 0.3) is 0 Å². The van der Waals surface area contributed by atoms with E-state index >= 15 is 0 Å². The van der Waals surface area contributed by atoms with E-state index in [1.807, 2.05) is 0 Å². The first kappa shape index (κ1) is 25.1. The molecule has 0 bridgehead atoms. The van der Waals surface area contributed by atoms with Gasteiger partial charge in [0.1, 0.15) is 0 Å². The minimum Gasteiger partial charge on any atom is -0.790 e. The third kappa shape index (κ3) is 23.1. The average molecular weight is 345 g/mol. The Morgan fingerprint density at radius 2 is 1.14 bits per heavy atom. The van der Waals surface area contributed by atoms with Crippen molar-refractivity contribution in [2.45, 2.75) is 90.9 Å². The van der Waals surface area contributed by atoms with Gasteiger partial charge < -0.3 is 18.9 Å². The molecule has 0 fully saturated rings. The molecule has 0 spiro atoms. The largest absolute Gasteiger partial charge is 2.00 e. The molecule has 0 aliphatic heterocycles. The molecular formula is C16H33MgO4P. The summed E-state index contributed by atoms with van der Waals surface area (Å²) >= 11 is 0. The average Bonchev–Trinajstić information content (AvgIpc) is 2.37. The number of phosphoric acid groups is 1. The molecule has 22 heavy (non-hydrogen) atoms. The first-order valence-electron chi connectivity index (χ1n) is 8.58. The van der Waals surface area contributed by atoms with Crippen LogP contribution in [0.1, 0.15) is 90.9 Å². The van der Waals surface area contributed by atoms with Gasteiger partial charge in [0, 0.05) is 0 Å². The zero-order chi connectivity index (χ0) is 16.0. The summed E-state index contributed by atoms with van der Waals surface area (Å²) in [4.78, 5) is 20.4. The Morgan fingerprint density at radius 1 is 0.773 bits per heavy atom. The van der Waals surface area contributed by atoms with Crippen molar-refractivity contribution in [2.75, 3.05) is 6.61 Å². The van der Waals surface area contributed by atoms with Crippen LogP contribution in [0.4, 0.5) is 0 Å². The Hall–Kier alpha value is 0.876. The van der Waals surface area contributed by atoms with Gasteiger partial charge in [-0.3, -0.25) is 0 Å². The fourth-order valence-corrected chi connectivity index (χ4v) is 2.77. The fraction of sp³-hybridized carbons (Fsp3) is 1.00. The molecular weight excluding hydrogens is 311 g/mol. The van der Waals surface area contributed by atoms with E-state index < -0.39 is 7.82 Å². The third-order valence-electron chi connectivity index (χ3n) is 3.68. The fourth-order valence-electron chi connectivity index (χ4n) is 2.42. The van der Waals surface area contributed by atoms with Gasteiger partial charge in [0.15, 0.2) is 0 Å². The summed E-state index contributed by atoms with van der Waals surface area (Å²) in [6.07, 6.45) is 14.6. The van der Waals surface area contributed by atoms with Crippen molar-refractivity contribution in [3.8, 4) is 0 Å². The quantitative estimate of drug-likeness (QED) is 0.257. The van der Waals surface area contributed by atoms with Crippen LogP contribution in [0.15, 0.2) is 0 Å². The molecule has 0 aliphatic rings. The first-order chi connectivity index (χ1) is 9.92. The molecule has 0 aliphatic carbocycles. The molecule has 4 nitrogen and oxygen atoms in total. The number of unbranched alkanes of at least 4 members (excludes halogenated alkanes) is 10. The van der Waals surface area contributed by atoms with Crippen molar-refractivity contribution in [1.29, 1.82) is 0 Å². The van der Waals surface area contributed by atoms with Crippen LogP contribution < -0.4 is 9.79 Å². The number of hydrogen-bond acceptors (Lipinski definition) is 4. The SMILES string of the molecule is CC(C)CCCCCCCCCCCCCOP(=O)([O-])[O-].[Mg+2]. The maximum Gasteiger partial charge on any atom is 2.00 e. The van der Waals surface area contributed by atoms with Crippen LogP contribution in [0.2, 0.25) is 0 Å². The number of phosphoric ester groups is 1. The molecule has 0 rings (SSSR count). The zero-order valence-electron chi connectivity index (χ0n) is 14.6. The predicted octanol–water partition coefficient (Wildman–Crippen LogP) is 3.79. The van der Waals surface area contributed by atoms with E-state index in [-0.39, 0.29) is 29.7 Å². The predicted molar refractivity (Wildman–Crippen MR) is 89.6 cm³/mol. The van der Waals surface area contributed by atoms with Crippen molar-refractivity contribution in [1.82, 2.24) is 0 Å². The molecule has 0 heterocycles. The van der Waals surface area contributed by atoms with E-state index in [4.69, 9.17) is 0 Å². The monoisotopic (exact) mass is 344 g/mol. The van der Waals surface area contributed by atoms with E-state index in [0.717, 1.165) is 18.8 Å². The van der Waals surface area contributed by atoms with Gasteiger partial charge >= 0.3 is 23.1 Å². The molecule has 0 aromatic carbocycles. The number of hydrogen-bond donors (Lipinski definition) is 0. The van der Waals surface area contributed by atoms with Gasteiger partial charge in [-0.2, -0.15) is 0 Å². The van der Waals surface area contributed by atoms with E-state index in [1.54, 1.807) is 0 Å². The van der Waals surface area contributed by atoms with Crippen molar-refractivity contribution in [3.63, 3.8) is 0 Å². The molecule has 128 valence electrons. The van der Waals surface area contributed by atoms with E-state index in [2.05, 4.69) is 18.4 Å². The molecule has 0 aromatic rings. The first-order valence-corrected chi connectivity index (χ1v) is 10.0. The molecule has 0 N–H and O–H groups in total. The molecule has 0 unspecified atom stereocenters. The standard InChI is InChI=1S/C16H35O4P.Mg/c1-16(2)14-12-10-8-6-4-3-5-7-9-11-13-15-20-21(17,18)19;/h16H,3-15H2,1-2H3,(H2,17,18,19);/q;+2/p-2. The molecule has 0 radical (unpaired) electrons. The Labute approximate surface area is 153 Å². The van der Waals surface area contributed by atoms with E-state index in [1.165, 1.54) is 57.8 Å². The minimum atomic E-state index is -4.75. The van der Waals surface area contributed by atoms with Gasteiger partial charge in [-0.25, -0.2) is 0 Å². The Kier molecular flexibility index (Phi) is 19.1. The maximum absolute atomic E-state index is 10.2. The molecule has 0 aromatic heterocycles. The summed E-state index contributed by atoms with van der Waals surface area (Å²) in [5.41, 5.74) is 0. The second-order valence-corrected chi connectivity index (χ2v) is 7.50. The van der Waals surface area contributed by atoms with Gasteiger partial charge in [-0.1, -0.05) is 84.5 Å². The van der Waals surface area contributed by atoms with Gasteiger partial charge in [-0.15, -0.1) is 0 Å². The summed E-state index contributed by atoms with van der Waals surface area (Å²) in [5.74, 6) is 0.838. The van der Waals surface area contributed by atoms with E-state index in [0.29, 0.717) is 6.42 Å². The zero-order valence-corrected chi connectivity index (χ0v) is 16.9. The summed E-state index contributed by atoms with van der Waals surface area (Å²) in [7, 11) is -4.75. The van der Waals surface area contributed by atoms with Crippen LogP contribution in [0.3, 0.4) is 0 Å². The Balaban J connectivity index is 0. The van der Waals surface area contributed by atoms with Crippen molar-refractivity contribution in [3.05, 3.63) is 0 Å². The smallest absolute Gasteiger partial charge is 0.790 e. The normalized spacial score (nSPS) is 11.7. The summed E-state index contributed by atoms with van der Waals surface area (Å²) in [6.45, 7) is 4.61. The van der Waals surface area contributed by atoms with Crippen LogP contribution in [-0.4, -0.2) is 29.7 Å². The van der Waals surface area contributed by atoms with Gasteiger partial charge in [-0.05, 0) is 12.3 Å². The summed E-state index contributed by atoms with van der Waals surface area (Å²) < 4.78 is 14.4. The summed E-state index contributed by atoms with van der Waals surface area (Å²) in [5, 5.41) is 0. The second kappa shape index (κ2) is 16.7. The van der Waals surface area contributed by atoms with Crippen LogP contribution >= 0.6 is 7.82 Å². The molecule has 0 amide bonds. The van der Waals surface area contributed by atoms with E-state index in [9.17, 15) is 14.4 Å². The van der Waals surface area contributed by atoms with Crippen LogP contribution in [0.25, 0.3) is 0 Å². The van der Waals surface area contributed by atoms with Crippen LogP contribution in [0.5, 0.6) is 0 Å². The molecule has 0 atom stereocenters. The van der Waals surface area contributed by atoms with Crippen molar-refractivity contribution < 1.29 is 18.9 Å². The topological polar surface area (TPSA) is 72.4 Å². The maximum atomic E-state index is 10.2. The van der Waals surface area contributed by atoms with Gasteiger partial charge in [0.2, 0.25) is 0 Å².